The van der Waals surface area contributed by atoms with Gasteiger partial charge in [0.05, 0.1) is 17.2 Å². The standard InChI is InChI=1S/C16H16N4O/c1-10-7-11(2)19-16(21)12(10)8-18-15-9-17-13-5-3-4-6-14(13)20-15/h3-7,9H,8H2,1-2H3,(H,18,20)(H,19,21). The minimum atomic E-state index is -0.0613. The van der Waals surface area contributed by atoms with Gasteiger partial charge < -0.3 is 10.3 Å². The lowest BCUT2D eigenvalue weighted by Gasteiger charge is -2.08. The zero-order valence-corrected chi connectivity index (χ0v) is 12.0. The number of pyridine rings is 1. The van der Waals surface area contributed by atoms with Crippen molar-refractivity contribution in [3.63, 3.8) is 0 Å². The van der Waals surface area contributed by atoms with Crippen LogP contribution in [0.3, 0.4) is 0 Å². The Balaban J connectivity index is 1.85. The number of H-pyrrole nitrogens is 1. The third-order valence-corrected chi connectivity index (χ3v) is 3.39. The second-order valence-corrected chi connectivity index (χ2v) is 5.04. The Morgan fingerprint density at radius 3 is 2.71 bits per heavy atom. The first-order valence-electron chi connectivity index (χ1n) is 6.78. The number of aryl methyl sites for hydroxylation is 2. The Labute approximate surface area is 122 Å². The van der Waals surface area contributed by atoms with Crippen LogP contribution in [-0.4, -0.2) is 15.0 Å². The summed E-state index contributed by atoms with van der Waals surface area (Å²) >= 11 is 0. The van der Waals surface area contributed by atoms with Gasteiger partial charge >= 0.3 is 0 Å². The molecule has 3 rings (SSSR count). The minimum Gasteiger partial charge on any atom is -0.364 e. The van der Waals surface area contributed by atoms with E-state index in [4.69, 9.17) is 0 Å². The first-order chi connectivity index (χ1) is 10.1. The molecule has 3 aromatic rings. The molecule has 0 atom stereocenters. The number of aromatic nitrogens is 3. The highest BCUT2D eigenvalue weighted by molar-refractivity contribution is 5.75. The average molecular weight is 280 g/mol. The zero-order chi connectivity index (χ0) is 14.8. The molecule has 0 bridgehead atoms. The van der Waals surface area contributed by atoms with E-state index in [2.05, 4.69) is 20.3 Å². The van der Waals surface area contributed by atoms with Gasteiger partial charge in [-0.1, -0.05) is 12.1 Å². The smallest absolute Gasteiger partial charge is 0.253 e. The first-order valence-corrected chi connectivity index (χ1v) is 6.78. The number of rotatable bonds is 3. The molecule has 0 aliphatic carbocycles. The van der Waals surface area contributed by atoms with Crippen LogP contribution in [0.2, 0.25) is 0 Å². The van der Waals surface area contributed by atoms with E-state index < -0.39 is 0 Å². The number of para-hydroxylation sites is 2. The fourth-order valence-electron chi connectivity index (χ4n) is 2.32. The van der Waals surface area contributed by atoms with Crippen molar-refractivity contribution in [1.82, 2.24) is 15.0 Å². The Kier molecular flexibility index (Phi) is 3.39. The third kappa shape index (κ3) is 2.76. The second kappa shape index (κ2) is 5.36. The number of anilines is 1. The molecule has 2 heterocycles. The van der Waals surface area contributed by atoms with Gasteiger partial charge in [-0.25, -0.2) is 4.98 Å². The second-order valence-electron chi connectivity index (χ2n) is 5.04. The first kappa shape index (κ1) is 13.3. The molecule has 5 heteroatoms. The van der Waals surface area contributed by atoms with Gasteiger partial charge in [-0.3, -0.25) is 9.78 Å². The van der Waals surface area contributed by atoms with Gasteiger partial charge in [0, 0.05) is 17.8 Å². The van der Waals surface area contributed by atoms with Crippen molar-refractivity contribution in [2.45, 2.75) is 20.4 Å². The molecule has 0 spiro atoms. The number of fused-ring (bicyclic) bond motifs is 1. The highest BCUT2D eigenvalue weighted by atomic mass is 16.1. The predicted octanol–water partition coefficient (Wildman–Crippen LogP) is 2.55. The topological polar surface area (TPSA) is 70.7 Å². The Morgan fingerprint density at radius 1 is 1.19 bits per heavy atom. The maximum absolute atomic E-state index is 12.0. The Morgan fingerprint density at radius 2 is 1.95 bits per heavy atom. The molecule has 0 saturated carbocycles. The lowest BCUT2D eigenvalue weighted by Crippen LogP contribution is -2.18. The normalized spacial score (nSPS) is 10.8. The third-order valence-electron chi connectivity index (χ3n) is 3.39. The molecule has 0 unspecified atom stereocenters. The maximum atomic E-state index is 12.0. The van der Waals surface area contributed by atoms with Crippen LogP contribution in [0, 0.1) is 13.8 Å². The lowest BCUT2D eigenvalue weighted by molar-refractivity contribution is 1.00. The van der Waals surface area contributed by atoms with Crippen molar-refractivity contribution in [2.24, 2.45) is 0 Å². The van der Waals surface area contributed by atoms with Gasteiger partial charge in [0.1, 0.15) is 5.82 Å². The van der Waals surface area contributed by atoms with E-state index in [-0.39, 0.29) is 5.56 Å². The largest absolute Gasteiger partial charge is 0.364 e. The summed E-state index contributed by atoms with van der Waals surface area (Å²) in [4.78, 5) is 23.6. The molecule has 0 radical (unpaired) electrons. The maximum Gasteiger partial charge on any atom is 0.253 e. The van der Waals surface area contributed by atoms with E-state index in [9.17, 15) is 4.79 Å². The van der Waals surface area contributed by atoms with Crippen LogP contribution in [0.5, 0.6) is 0 Å². The van der Waals surface area contributed by atoms with Gasteiger partial charge in [0.2, 0.25) is 0 Å². The molecule has 0 aliphatic heterocycles. The van der Waals surface area contributed by atoms with Crippen molar-refractivity contribution >= 4 is 16.9 Å². The number of nitrogens with one attached hydrogen (secondary N) is 2. The SMILES string of the molecule is Cc1cc(C)c(CNc2cnc3ccccc3n2)c(=O)[nH]1. The summed E-state index contributed by atoms with van der Waals surface area (Å²) < 4.78 is 0. The molecule has 0 aliphatic rings. The van der Waals surface area contributed by atoms with E-state index >= 15 is 0 Å². The van der Waals surface area contributed by atoms with Gasteiger partial charge in [-0.05, 0) is 37.6 Å². The van der Waals surface area contributed by atoms with Crippen molar-refractivity contribution in [2.75, 3.05) is 5.32 Å². The molecule has 0 amide bonds. The van der Waals surface area contributed by atoms with Crippen LogP contribution in [0.1, 0.15) is 16.8 Å². The summed E-state index contributed by atoms with van der Waals surface area (Å²) in [6.45, 7) is 4.24. The van der Waals surface area contributed by atoms with Crippen LogP contribution in [0.4, 0.5) is 5.82 Å². The molecule has 0 saturated heterocycles. The van der Waals surface area contributed by atoms with Crippen molar-refractivity contribution in [1.29, 1.82) is 0 Å². The van der Waals surface area contributed by atoms with Gasteiger partial charge in [0.25, 0.3) is 5.56 Å². The quantitative estimate of drug-likeness (QED) is 0.773. The summed E-state index contributed by atoms with van der Waals surface area (Å²) in [5.74, 6) is 0.660. The van der Waals surface area contributed by atoms with Crippen LogP contribution in [-0.2, 0) is 6.54 Å². The van der Waals surface area contributed by atoms with Crippen molar-refractivity contribution in [3.8, 4) is 0 Å². The molecule has 2 N–H and O–H groups in total. The number of hydrogen-bond acceptors (Lipinski definition) is 4. The number of nitrogens with zero attached hydrogens (tertiary/aromatic N) is 2. The van der Waals surface area contributed by atoms with E-state index in [0.717, 1.165) is 27.9 Å². The number of aromatic amines is 1. The van der Waals surface area contributed by atoms with Crippen LogP contribution >= 0.6 is 0 Å². The van der Waals surface area contributed by atoms with E-state index in [0.29, 0.717) is 12.4 Å². The Hall–Kier alpha value is -2.69. The number of benzene rings is 1. The summed E-state index contributed by atoms with van der Waals surface area (Å²) in [5, 5.41) is 3.16. The summed E-state index contributed by atoms with van der Waals surface area (Å²) in [5.41, 5.74) is 4.18. The van der Waals surface area contributed by atoms with Gasteiger partial charge in [0.15, 0.2) is 0 Å². The molecular weight excluding hydrogens is 264 g/mol. The highest BCUT2D eigenvalue weighted by Crippen LogP contribution is 2.12. The highest BCUT2D eigenvalue weighted by Gasteiger charge is 2.06. The molecule has 1 aromatic carbocycles. The van der Waals surface area contributed by atoms with Crippen LogP contribution in [0.15, 0.2) is 41.3 Å². The van der Waals surface area contributed by atoms with Gasteiger partial charge in [-0.2, -0.15) is 0 Å². The molecule has 5 nitrogen and oxygen atoms in total. The molecule has 0 fully saturated rings. The van der Waals surface area contributed by atoms with Crippen LogP contribution in [0.25, 0.3) is 11.0 Å². The van der Waals surface area contributed by atoms with Crippen LogP contribution < -0.4 is 10.9 Å². The fourth-order valence-corrected chi connectivity index (χ4v) is 2.32. The summed E-state index contributed by atoms with van der Waals surface area (Å²) in [7, 11) is 0. The van der Waals surface area contributed by atoms with Crippen molar-refractivity contribution in [3.05, 3.63) is 63.7 Å². The predicted molar refractivity (Wildman–Crippen MR) is 83.4 cm³/mol. The molecule has 2 aromatic heterocycles. The van der Waals surface area contributed by atoms with Gasteiger partial charge in [-0.15, -0.1) is 0 Å². The van der Waals surface area contributed by atoms with Crippen molar-refractivity contribution < 1.29 is 0 Å². The summed E-state index contributed by atoms with van der Waals surface area (Å²) in [6.07, 6.45) is 1.68. The lowest BCUT2D eigenvalue weighted by atomic mass is 10.1. The Bertz CT molecular complexity index is 854. The monoisotopic (exact) mass is 280 g/mol. The van der Waals surface area contributed by atoms with E-state index in [1.54, 1.807) is 6.20 Å². The number of hydrogen-bond donors (Lipinski definition) is 2. The van der Waals surface area contributed by atoms with E-state index in [1.807, 2.05) is 44.2 Å². The van der Waals surface area contributed by atoms with E-state index in [1.165, 1.54) is 0 Å². The minimum absolute atomic E-state index is 0.0613. The molecule has 106 valence electrons. The summed E-state index contributed by atoms with van der Waals surface area (Å²) in [6, 6.07) is 9.65. The molecular formula is C16H16N4O. The zero-order valence-electron chi connectivity index (χ0n) is 12.0. The average Bonchev–Trinajstić information content (AvgIpc) is 2.46. The fraction of sp³-hybridized carbons (Fsp3) is 0.188. The molecule has 21 heavy (non-hydrogen) atoms.